The number of fused-ring (bicyclic) bond motifs is 1. The molecule has 9 nitrogen and oxygen atoms in total. The van der Waals surface area contributed by atoms with Crippen LogP contribution in [0, 0.1) is 11.3 Å². The second-order valence-corrected chi connectivity index (χ2v) is 7.82. The predicted octanol–water partition coefficient (Wildman–Crippen LogP) is 1.52. The Morgan fingerprint density at radius 2 is 1.97 bits per heavy atom. The minimum Gasteiger partial charge on any atom is -0.454 e. The fourth-order valence-electron chi connectivity index (χ4n) is 4.11. The van der Waals surface area contributed by atoms with Gasteiger partial charge in [-0.2, -0.15) is 5.26 Å². The van der Waals surface area contributed by atoms with Crippen LogP contribution >= 0.6 is 0 Å². The van der Waals surface area contributed by atoms with E-state index in [1.807, 2.05) is 0 Å². The van der Waals surface area contributed by atoms with Gasteiger partial charge in [0.05, 0.1) is 6.07 Å². The summed E-state index contributed by atoms with van der Waals surface area (Å²) < 4.78 is 10.6. The molecule has 1 aromatic rings. The van der Waals surface area contributed by atoms with Gasteiger partial charge in [0.1, 0.15) is 17.6 Å². The van der Waals surface area contributed by atoms with Crippen LogP contribution in [0.3, 0.4) is 0 Å². The first-order valence-electron chi connectivity index (χ1n) is 9.63. The average Bonchev–Trinajstić information content (AvgIpc) is 3.27. The van der Waals surface area contributed by atoms with E-state index in [1.165, 1.54) is 0 Å². The van der Waals surface area contributed by atoms with E-state index in [0.717, 1.165) is 24.2 Å². The number of carbonyl (C=O) groups is 3. The highest BCUT2D eigenvalue weighted by atomic mass is 16.7. The van der Waals surface area contributed by atoms with Crippen LogP contribution in [0.1, 0.15) is 44.6 Å². The van der Waals surface area contributed by atoms with Crippen molar-refractivity contribution in [3.8, 4) is 17.6 Å². The number of nitrogens with one attached hydrogen (secondary N) is 2. The van der Waals surface area contributed by atoms with Gasteiger partial charge < -0.3 is 20.1 Å². The molecule has 2 N–H and O–H groups in total. The van der Waals surface area contributed by atoms with Gasteiger partial charge in [0.2, 0.25) is 12.7 Å². The first-order chi connectivity index (χ1) is 13.9. The Bertz CT molecular complexity index is 918. The lowest BCUT2D eigenvalue weighted by molar-refractivity contribution is -0.135. The molecule has 4 rings (SSSR count). The third-order valence-corrected chi connectivity index (χ3v) is 5.83. The monoisotopic (exact) mass is 398 g/mol. The zero-order chi connectivity index (χ0) is 20.6. The van der Waals surface area contributed by atoms with Crippen LogP contribution in [-0.2, 0) is 15.1 Å². The molecule has 0 spiro atoms. The number of carbonyl (C=O) groups excluding carboxylic acids is 3. The normalized spacial score (nSPS) is 24.8. The summed E-state index contributed by atoms with van der Waals surface area (Å²) in [7, 11) is 0. The molecule has 9 heteroatoms. The summed E-state index contributed by atoms with van der Waals surface area (Å²) in [5, 5.41) is 14.9. The van der Waals surface area contributed by atoms with Crippen molar-refractivity contribution >= 4 is 17.8 Å². The molecule has 1 aromatic carbocycles. The highest BCUT2D eigenvalue weighted by molar-refractivity contribution is 6.09. The van der Waals surface area contributed by atoms with Crippen LogP contribution in [0.4, 0.5) is 4.79 Å². The topological polar surface area (TPSA) is 121 Å². The van der Waals surface area contributed by atoms with Crippen LogP contribution in [0.2, 0.25) is 0 Å². The van der Waals surface area contributed by atoms with Gasteiger partial charge in [-0.25, -0.2) is 4.79 Å². The quantitative estimate of drug-likeness (QED) is 0.742. The molecule has 2 fully saturated rings. The minimum absolute atomic E-state index is 0.0999. The van der Waals surface area contributed by atoms with Crippen LogP contribution in [-0.4, -0.2) is 41.6 Å². The standard InChI is InChI=1S/C20H22N4O5/c1-19(13-5-6-14-15(9-13)29-12-28-14)17(26)24(18(27)23-19)10-16(25)22-20(11-21)7-3-2-4-8-20/h5-6,9H,2-4,7-8,10,12H2,1H3,(H,22,25)(H,23,27). The van der Waals surface area contributed by atoms with Crippen LogP contribution in [0.25, 0.3) is 0 Å². The summed E-state index contributed by atoms with van der Waals surface area (Å²) in [5.74, 6) is 0.00733. The van der Waals surface area contributed by atoms with E-state index in [1.54, 1.807) is 25.1 Å². The first-order valence-corrected chi connectivity index (χ1v) is 9.63. The van der Waals surface area contributed by atoms with Crippen LogP contribution in [0.15, 0.2) is 18.2 Å². The molecule has 4 amide bonds. The summed E-state index contributed by atoms with van der Waals surface area (Å²) in [5.41, 5.74) is -1.71. The number of nitriles is 1. The number of hydrogen-bond acceptors (Lipinski definition) is 6. The van der Waals surface area contributed by atoms with E-state index in [9.17, 15) is 19.6 Å². The van der Waals surface area contributed by atoms with Crippen molar-refractivity contribution in [3.63, 3.8) is 0 Å². The molecule has 1 aliphatic carbocycles. The number of imide groups is 1. The molecule has 3 aliphatic rings. The molecule has 152 valence electrons. The van der Waals surface area contributed by atoms with E-state index >= 15 is 0 Å². The van der Waals surface area contributed by atoms with Crippen molar-refractivity contribution in [2.45, 2.75) is 50.1 Å². The van der Waals surface area contributed by atoms with Gasteiger partial charge in [-0.15, -0.1) is 0 Å². The van der Waals surface area contributed by atoms with Crippen molar-refractivity contribution < 1.29 is 23.9 Å². The average molecular weight is 398 g/mol. The fourth-order valence-corrected chi connectivity index (χ4v) is 4.11. The van der Waals surface area contributed by atoms with Gasteiger partial charge in [0, 0.05) is 0 Å². The van der Waals surface area contributed by atoms with Gasteiger partial charge in [0.15, 0.2) is 11.5 Å². The Hall–Kier alpha value is -3.28. The summed E-state index contributed by atoms with van der Waals surface area (Å²) in [6, 6.07) is 6.56. The second kappa shape index (κ2) is 6.95. The van der Waals surface area contributed by atoms with Gasteiger partial charge in [-0.3, -0.25) is 14.5 Å². The van der Waals surface area contributed by atoms with E-state index in [2.05, 4.69) is 16.7 Å². The molecular formula is C20H22N4O5. The molecular weight excluding hydrogens is 376 g/mol. The Labute approximate surface area is 167 Å². The molecule has 0 bridgehead atoms. The zero-order valence-electron chi connectivity index (χ0n) is 16.1. The lowest BCUT2D eigenvalue weighted by Gasteiger charge is -2.32. The van der Waals surface area contributed by atoms with Gasteiger partial charge in [-0.1, -0.05) is 25.3 Å². The second-order valence-electron chi connectivity index (χ2n) is 7.82. The third-order valence-electron chi connectivity index (χ3n) is 5.83. The van der Waals surface area contributed by atoms with E-state index < -0.39 is 35.5 Å². The Morgan fingerprint density at radius 1 is 1.24 bits per heavy atom. The third kappa shape index (κ3) is 3.24. The molecule has 1 unspecified atom stereocenters. The van der Waals surface area contributed by atoms with Gasteiger partial charge in [-0.05, 0) is 37.5 Å². The SMILES string of the molecule is CC1(c2ccc3c(c2)OCO3)NC(=O)N(CC(=O)NC2(C#N)CCCCC2)C1=O. The number of benzene rings is 1. The molecule has 1 saturated carbocycles. The molecule has 0 aromatic heterocycles. The summed E-state index contributed by atoms with van der Waals surface area (Å²) in [6.07, 6.45) is 3.90. The smallest absolute Gasteiger partial charge is 0.325 e. The highest BCUT2D eigenvalue weighted by Gasteiger charge is 2.50. The maximum Gasteiger partial charge on any atom is 0.325 e. The maximum absolute atomic E-state index is 13.0. The maximum atomic E-state index is 13.0. The lowest BCUT2D eigenvalue weighted by Crippen LogP contribution is -2.52. The summed E-state index contributed by atoms with van der Waals surface area (Å²) in [4.78, 5) is 39.0. The lowest BCUT2D eigenvalue weighted by atomic mass is 9.83. The number of hydrogen-bond donors (Lipinski definition) is 2. The van der Waals surface area contributed by atoms with Crippen molar-refractivity contribution in [1.82, 2.24) is 15.5 Å². The Morgan fingerprint density at radius 3 is 2.69 bits per heavy atom. The van der Waals surface area contributed by atoms with E-state index in [-0.39, 0.29) is 6.79 Å². The number of urea groups is 1. The van der Waals surface area contributed by atoms with E-state index in [4.69, 9.17) is 9.47 Å². The van der Waals surface area contributed by atoms with Gasteiger partial charge >= 0.3 is 6.03 Å². The number of nitrogens with zero attached hydrogens (tertiary/aromatic N) is 2. The number of rotatable bonds is 4. The zero-order valence-corrected chi connectivity index (χ0v) is 16.1. The van der Waals surface area contributed by atoms with Crippen molar-refractivity contribution in [3.05, 3.63) is 23.8 Å². The van der Waals surface area contributed by atoms with Crippen LogP contribution in [0.5, 0.6) is 11.5 Å². The molecule has 1 saturated heterocycles. The Balaban J connectivity index is 1.49. The molecule has 1 atom stereocenters. The van der Waals surface area contributed by atoms with Crippen molar-refractivity contribution in [1.29, 1.82) is 5.26 Å². The largest absolute Gasteiger partial charge is 0.454 e. The predicted molar refractivity (Wildman–Crippen MR) is 99.7 cm³/mol. The number of amides is 4. The summed E-state index contributed by atoms with van der Waals surface area (Å²) >= 11 is 0. The fraction of sp³-hybridized carbons (Fsp3) is 0.500. The first kappa shape index (κ1) is 19.1. The molecule has 0 radical (unpaired) electrons. The van der Waals surface area contributed by atoms with E-state index in [0.29, 0.717) is 29.9 Å². The highest BCUT2D eigenvalue weighted by Crippen LogP contribution is 2.37. The molecule has 2 heterocycles. The number of ether oxygens (including phenoxy) is 2. The van der Waals surface area contributed by atoms with Gasteiger partial charge in [0.25, 0.3) is 5.91 Å². The minimum atomic E-state index is -1.32. The summed E-state index contributed by atoms with van der Waals surface area (Å²) in [6.45, 7) is 1.25. The molecule has 29 heavy (non-hydrogen) atoms. The molecule has 2 aliphatic heterocycles. The van der Waals surface area contributed by atoms with Crippen molar-refractivity contribution in [2.75, 3.05) is 13.3 Å². The van der Waals surface area contributed by atoms with Crippen LogP contribution < -0.4 is 20.1 Å². The van der Waals surface area contributed by atoms with Crippen molar-refractivity contribution in [2.24, 2.45) is 0 Å². The Kier molecular flexibility index (Phi) is 4.57.